The van der Waals surface area contributed by atoms with Crippen molar-refractivity contribution >= 4 is 22.4 Å². The van der Waals surface area contributed by atoms with Gasteiger partial charge in [-0.2, -0.15) is 10.2 Å². The lowest BCUT2D eigenvalue weighted by molar-refractivity contribution is 0.108. The zero-order chi connectivity index (χ0) is 12.7. The summed E-state index contributed by atoms with van der Waals surface area (Å²) in [5.41, 5.74) is 2.55. The van der Waals surface area contributed by atoms with E-state index in [1.807, 2.05) is 13.2 Å². The summed E-state index contributed by atoms with van der Waals surface area (Å²) in [6.07, 6.45) is 8.30. The summed E-state index contributed by atoms with van der Waals surface area (Å²) in [6.45, 7) is 0. The Kier molecular flexibility index (Phi) is 2.38. The monoisotopic (exact) mass is 261 g/mol. The zero-order valence-electron chi connectivity index (χ0n) is 9.41. The molecule has 0 aliphatic rings. The van der Waals surface area contributed by atoms with Gasteiger partial charge in [-0.05, 0) is 11.6 Å². The van der Waals surface area contributed by atoms with Gasteiger partial charge in [-0.3, -0.25) is 14.5 Å². The Hall–Kier alpha value is -2.21. The molecule has 3 aromatic heterocycles. The van der Waals surface area contributed by atoms with Crippen molar-refractivity contribution in [3.63, 3.8) is 0 Å². The topological polar surface area (TPSA) is 65.1 Å². The van der Waals surface area contributed by atoms with Crippen LogP contribution in [0.2, 0.25) is 0 Å². The number of rotatable bonds is 2. The molecule has 90 valence electrons. The molecule has 0 spiro atoms. The lowest BCUT2D eigenvalue weighted by atomic mass is 10.2. The van der Waals surface area contributed by atoms with Crippen molar-refractivity contribution in [1.29, 1.82) is 0 Å². The quantitative estimate of drug-likeness (QED) is 0.656. The van der Waals surface area contributed by atoms with Crippen LogP contribution in [-0.4, -0.2) is 29.6 Å². The SMILES string of the molecule is Cn1cc(-c2cn3ncc(C(=O)Cl)c3cn2)cn1. The van der Waals surface area contributed by atoms with E-state index in [9.17, 15) is 4.79 Å². The molecule has 3 heterocycles. The van der Waals surface area contributed by atoms with E-state index in [1.165, 1.54) is 6.20 Å². The molecule has 0 radical (unpaired) electrons. The van der Waals surface area contributed by atoms with Gasteiger partial charge in [0.25, 0.3) is 5.24 Å². The van der Waals surface area contributed by atoms with Crippen LogP contribution in [0.4, 0.5) is 0 Å². The molecule has 18 heavy (non-hydrogen) atoms. The highest BCUT2D eigenvalue weighted by Crippen LogP contribution is 2.18. The fourth-order valence-corrected chi connectivity index (χ4v) is 1.88. The van der Waals surface area contributed by atoms with Crippen molar-refractivity contribution in [2.24, 2.45) is 7.05 Å². The number of halogens is 1. The van der Waals surface area contributed by atoms with Gasteiger partial charge in [-0.25, -0.2) is 4.52 Å². The molecule has 3 aromatic rings. The molecular weight excluding hydrogens is 254 g/mol. The standard InChI is InChI=1S/C11H8ClN5O/c1-16-5-7(2-14-16)9-6-17-10(4-13-9)8(3-15-17)11(12)18/h2-6H,1H3. The van der Waals surface area contributed by atoms with Crippen LogP contribution in [0.15, 0.2) is 31.0 Å². The van der Waals surface area contributed by atoms with Gasteiger partial charge in [-0.1, -0.05) is 0 Å². The van der Waals surface area contributed by atoms with E-state index in [2.05, 4.69) is 15.2 Å². The first-order valence-electron chi connectivity index (χ1n) is 5.17. The molecule has 0 bridgehead atoms. The van der Waals surface area contributed by atoms with E-state index in [1.54, 1.807) is 27.8 Å². The average molecular weight is 262 g/mol. The fourth-order valence-electron chi connectivity index (χ4n) is 1.74. The number of nitrogens with zero attached hydrogens (tertiary/aromatic N) is 5. The van der Waals surface area contributed by atoms with Gasteiger partial charge in [-0.15, -0.1) is 0 Å². The van der Waals surface area contributed by atoms with Crippen molar-refractivity contribution in [1.82, 2.24) is 24.4 Å². The van der Waals surface area contributed by atoms with Gasteiger partial charge < -0.3 is 0 Å². The highest BCUT2D eigenvalue weighted by Gasteiger charge is 2.11. The van der Waals surface area contributed by atoms with Crippen molar-refractivity contribution in [2.45, 2.75) is 0 Å². The maximum Gasteiger partial charge on any atom is 0.256 e. The van der Waals surface area contributed by atoms with E-state index in [4.69, 9.17) is 11.6 Å². The normalized spacial score (nSPS) is 11.0. The first kappa shape index (κ1) is 10.9. The summed E-state index contributed by atoms with van der Waals surface area (Å²) in [7, 11) is 1.83. The highest BCUT2D eigenvalue weighted by molar-refractivity contribution is 6.68. The van der Waals surface area contributed by atoms with Crippen LogP contribution in [0, 0.1) is 0 Å². The Balaban J connectivity index is 2.15. The average Bonchev–Trinajstić information content (AvgIpc) is 2.93. The number of aromatic nitrogens is 5. The number of hydrogen-bond acceptors (Lipinski definition) is 4. The lowest BCUT2D eigenvalue weighted by Crippen LogP contribution is -1.93. The Bertz CT molecular complexity index is 745. The van der Waals surface area contributed by atoms with Crippen molar-refractivity contribution in [3.05, 3.63) is 36.5 Å². The van der Waals surface area contributed by atoms with E-state index in [-0.39, 0.29) is 0 Å². The van der Waals surface area contributed by atoms with Crippen LogP contribution in [0.5, 0.6) is 0 Å². The van der Waals surface area contributed by atoms with Crippen LogP contribution in [-0.2, 0) is 7.05 Å². The second-order valence-corrected chi connectivity index (χ2v) is 4.18. The molecule has 7 heteroatoms. The van der Waals surface area contributed by atoms with Gasteiger partial charge >= 0.3 is 0 Å². The van der Waals surface area contributed by atoms with E-state index >= 15 is 0 Å². The number of carbonyl (C=O) groups excluding carboxylic acids is 1. The van der Waals surface area contributed by atoms with E-state index in [0.29, 0.717) is 11.1 Å². The van der Waals surface area contributed by atoms with Crippen LogP contribution in [0.25, 0.3) is 16.8 Å². The Morgan fingerprint density at radius 2 is 2.06 bits per heavy atom. The fraction of sp³-hybridized carbons (Fsp3) is 0.0909. The smallest absolute Gasteiger partial charge is 0.256 e. The molecule has 0 atom stereocenters. The molecular formula is C11H8ClN5O. The minimum absolute atomic E-state index is 0.349. The van der Waals surface area contributed by atoms with Crippen molar-refractivity contribution in [2.75, 3.05) is 0 Å². The first-order valence-corrected chi connectivity index (χ1v) is 5.55. The first-order chi connectivity index (χ1) is 8.65. The molecule has 0 aliphatic carbocycles. The van der Waals surface area contributed by atoms with Crippen molar-refractivity contribution < 1.29 is 4.79 Å². The van der Waals surface area contributed by atoms with Gasteiger partial charge in [0.1, 0.15) is 0 Å². The van der Waals surface area contributed by atoms with E-state index in [0.717, 1.165) is 11.3 Å². The highest BCUT2D eigenvalue weighted by atomic mass is 35.5. The number of fused-ring (bicyclic) bond motifs is 1. The maximum absolute atomic E-state index is 11.1. The molecule has 0 aromatic carbocycles. The van der Waals surface area contributed by atoms with Gasteiger partial charge in [0.15, 0.2) is 0 Å². The summed E-state index contributed by atoms with van der Waals surface area (Å²) >= 11 is 5.45. The summed E-state index contributed by atoms with van der Waals surface area (Å²) in [5, 5.41) is 7.61. The Labute approximate surface area is 107 Å². The largest absolute Gasteiger partial charge is 0.275 e. The minimum Gasteiger partial charge on any atom is -0.275 e. The second-order valence-electron chi connectivity index (χ2n) is 3.84. The number of aryl methyl sites for hydroxylation is 1. The molecule has 0 saturated carbocycles. The summed E-state index contributed by atoms with van der Waals surface area (Å²) in [4.78, 5) is 15.4. The minimum atomic E-state index is -0.541. The third-order valence-electron chi connectivity index (χ3n) is 2.62. The van der Waals surface area contributed by atoms with Gasteiger partial charge in [0, 0.05) is 18.8 Å². The van der Waals surface area contributed by atoms with Crippen LogP contribution < -0.4 is 0 Å². The number of hydrogen-bond donors (Lipinski definition) is 0. The van der Waals surface area contributed by atoms with Crippen LogP contribution in [0.1, 0.15) is 10.4 Å². The predicted octanol–water partition coefficient (Wildman–Crippen LogP) is 1.51. The Morgan fingerprint density at radius 3 is 2.72 bits per heavy atom. The lowest BCUT2D eigenvalue weighted by Gasteiger charge is -1.98. The van der Waals surface area contributed by atoms with Crippen LogP contribution >= 0.6 is 11.6 Å². The zero-order valence-corrected chi connectivity index (χ0v) is 10.2. The summed E-state index contributed by atoms with van der Waals surface area (Å²) < 4.78 is 3.27. The second kappa shape index (κ2) is 3.92. The molecule has 6 nitrogen and oxygen atoms in total. The third-order valence-corrected chi connectivity index (χ3v) is 2.82. The molecule has 0 fully saturated rings. The van der Waals surface area contributed by atoms with Crippen molar-refractivity contribution in [3.8, 4) is 11.3 Å². The van der Waals surface area contributed by atoms with Crippen LogP contribution in [0.3, 0.4) is 0 Å². The predicted molar refractivity (Wildman–Crippen MR) is 65.4 cm³/mol. The third kappa shape index (κ3) is 1.67. The van der Waals surface area contributed by atoms with E-state index < -0.39 is 5.24 Å². The van der Waals surface area contributed by atoms with Gasteiger partial charge in [0.05, 0.1) is 41.6 Å². The molecule has 3 rings (SSSR count). The summed E-state index contributed by atoms with van der Waals surface area (Å²) in [6, 6.07) is 0. The summed E-state index contributed by atoms with van der Waals surface area (Å²) in [5.74, 6) is 0. The maximum atomic E-state index is 11.1. The molecule has 0 amide bonds. The molecule has 0 N–H and O–H groups in total. The molecule has 0 unspecified atom stereocenters. The Morgan fingerprint density at radius 1 is 1.22 bits per heavy atom. The van der Waals surface area contributed by atoms with Gasteiger partial charge in [0.2, 0.25) is 0 Å². The number of carbonyl (C=O) groups is 1. The molecule has 0 aliphatic heterocycles. The molecule has 0 saturated heterocycles.